The van der Waals surface area contributed by atoms with Gasteiger partial charge in [0, 0.05) is 38.2 Å². The molecule has 24 heavy (non-hydrogen) atoms. The zero-order valence-corrected chi connectivity index (χ0v) is 14.3. The molecule has 5 nitrogen and oxygen atoms in total. The summed E-state index contributed by atoms with van der Waals surface area (Å²) < 4.78 is 11.1. The molecule has 130 valence electrons. The largest absolute Gasteiger partial charge is 0.468 e. The first-order valence-electron chi connectivity index (χ1n) is 9.29. The van der Waals surface area contributed by atoms with Crippen LogP contribution in [0.15, 0.2) is 33.4 Å². The predicted molar refractivity (Wildman–Crippen MR) is 91.6 cm³/mol. The molecule has 0 spiro atoms. The Hall–Kier alpha value is -1.59. The molecule has 1 aliphatic carbocycles. The Bertz CT molecular complexity index is 608. The minimum atomic E-state index is 0.626. The van der Waals surface area contributed by atoms with Crippen molar-refractivity contribution in [2.45, 2.75) is 51.1 Å². The third-order valence-electron chi connectivity index (χ3n) is 5.40. The van der Waals surface area contributed by atoms with E-state index in [1.165, 1.54) is 37.8 Å². The number of furan rings is 1. The van der Waals surface area contributed by atoms with Crippen molar-refractivity contribution in [3.63, 3.8) is 0 Å². The Labute approximate surface area is 143 Å². The maximum Gasteiger partial charge on any atom is 0.150 e. The van der Waals surface area contributed by atoms with Crippen LogP contribution >= 0.6 is 0 Å². The van der Waals surface area contributed by atoms with Crippen molar-refractivity contribution in [1.29, 1.82) is 0 Å². The number of nitrogens with zero attached hydrogens (tertiary/aromatic N) is 3. The van der Waals surface area contributed by atoms with Crippen molar-refractivity contribution in [2.24, 2.45) is 0 Å². The van der Waals surface area contributed by atoms with Gasteiger partial charge in [0.1, 0.15) is 5.76 Å². The van der Waals surface area contributed by atoms with Crippen LogP contribution in [-0.2, 0) is 13.1 Å². The van der Waals surface area contributed by atoms with Crippen molar-refractivity contribution in [2.75, 3.05) is 26.2 Å². The average Bonchev–Trinajstić information content (AvgIpc) is 3.29. The maximum absolute atomic E-state index is 5.61. The van der Waals surface area contributed by atoms with E-state index in [1.54, 1.807) is 6.26 Å². The maximum atomic E-state index is 5.61. The van der Waals surface area contributed by atoms with E-state index < -0.39 is 0 Å². The van der Waals surface area contributed by atoms with Crippen LogP contribution in [0.1, 0.15) is 55.2 Å². The van der Waals surface area contributed by atoms with Gasteiger partial charge in [0.05, 0.1) is 25.0 Å². The molecular formula is C19H27N3O2. The van der Waals surface area contributed by atoms with E-state index in [9.17, 15) is 0 Å². The number of piperazine rings is 1. The first-order chi connectivity index (χ1) is 11.9. The molecule has 0 unspecified atom stereocenters. The molecule has 2 aromatic rings. The molecule has 0 N–H and O–H groups in total. The lowest BCUT2D eigenvalue weighted by Crippen LogP contribution is -2.45. The van der Waals surface area contributed by atoms with Crippen LogP contribution in [0, 0.1) is 0 Å². The number of hydrogen-bond donors (Lipinski definition) is 0. The molecule has 0 amide bonds. The van der Waals surface area contributed by atoms with Crippen LogP contribution in [0.25, 0.3) is 0 Å². The molecule has 0 bridgehead atoms. The van der Waals surface area contributed by atoms with E-state index in [4.69, 9.17) is 8.94 Å². The van der Waals surface area contributed by atoms with E-state index in [-0.39, 0.29) is 0 Å². The van der Waals surface area contributed by atoms with E-state index in [2.05, 4.69) is 21.0 Å². The van der Waals surface area contributed by atoms with Crippen molar-refractivity contribution in [3.05, 3.63) is 41.7 Å². The molecule has 0 radical (unpaired) electrons. The fourth-order valence-electron chi connectivity index (χ4n) is 3.94. The minimum absolute atomic E-state index is 0.626. The fraction of sp³-hybridized carbons (Fsp3) is 0.632. The first-order valence-corrected chi connectivity index (χ1v) is 9.29. The first kappa shape index (κ1) is 15.9. The van der Waals surface area contributed by atoms with Crippen LogP contribution in [0.3, 0.4) is 0 Å². The van der Waals surface area contributed by atoms with Gasteiger partial charge in [-0.3, -0.25) is 9.80 Å². The molecule has 3 heterocycles. The average molecular weight is 329 g/mol. The lowest BCUT2D eigenvalue weighted by molar-refractivity contribution is 0.108. The van der Waals surface area contributed by atoms with Crippen molar-refractivity contribution >= 4 is 0 Å². The van der Waals surface area contributed by atoms with Gasteiger partial charge >= 0.3 is 0 Å². The van der Waals surface area contributed by atoms with Crippen molar-refractivity contribution in [3.8, 4) is 0 Å². The standard InChI is InChI=1S/C19H27N3O2/c1-2-5-16(6-3-1)19-13-18(24-20-19)15-22-10-8-21(9-11-22)14-17-7-4-12-23-17/h4,7,12-13,16H,1-3,5-6,8-11,14-15H2. The molecule has 2 fully saturated rings. The minimum Gasteiger partial charge on any atom is -0.468 e. The summed E-state index contributed by atoms with van der Waals surface area (Å²) in [4.78, 5) is 4.91. The smallest absolute Gasteiger partial charge is 0.150 e. The summed E-state index contributed by atoms with van der Waals surface area (Å²) in [5.41, 5.74) is 1.18. The van der Waals surface area contributed by atoms with Crippen LogP contribution in [-0.4, -0.2) is 41.1 Å². The normalized spacial score (nSPS) is 21.3. The predicted octanol–water partition coefficient (Wildman–Crippen LogP) is 3.63. The fourth-order valence-corrected chi connectivity index (χ4v) is 3.94. The summed E-state index contributed by atoms with van der Waals surface area (Å²) in [6.07, 6.45) is 8.35. The number of aromatic nitrogens is 1. The SMILES string of the molecule is c1coc(CN2CCN(Cc3cc(C4CCCCC4)no3)CC2)c1. The summed E-state index contributed by atoms with van der Waals surface area (Å²) >= 11 is 0. The number of rotatable bonds is 5. The second kappa shape index (κ2) is 7.53. The van der Waals surface area contributed by atoms with Gasteiger partial charge in [-0.15, -0.1) is 0 Å². The molecule has 5 heteroatoms. The second-order valence-corrected chi connectivity index (χ2v) is 7.18. The monoisotopic (exact) mass is 329 g/mol. The molecular weight excluding hydrogens is 302 g/mol. The molecule has 1 saturated carbocycles. The zero-order valence-electron chi connectivity index (χ0n) is 14.3. The molecule has 4 rings (SSSR count). The lowest BCUT2D eigenvalue weighted by atomic mass is 9.87. The van der Waals surface area contributed by atoms with Gasteiger partial charge in [-0.2, -0.15) is 0 Å². The number of hydrogen-bond acceptors (Lipinski definition) is 5. The quantitative estimate of drug-likeness (QED) is 0.838. The van der Waals surface area contributed by atoms with Crippen molar-refractivity contribution in [1.82, 2.24) is 15.0 Å². The van der Waals surface area contributed by atoms with Gasteiger partial charge in [-0.25, -0.2) is 0 Å². The van der Waals surface area contributed by atoms with Gasteiger partial charge in [-0.05, 0) is 25.0 Å². The third kappa shape index (κ3) is 3.90. The highest BCUT2D eigenvalue weighted by atomic mass is 16.5. The molecule has 0 aromatic carbocycles. The van der Waals surface area contributed by atoms with Gasteiger partial charge in [-0.1, -0.05) is 24.4 Å². The topological polar surface area (TPSA) is 45.7 Å². The Morgan fingerprint density at radius 1 is 0.958 bits per heavy atom. The molecule has 1 saturated heterocycles. The molecule has 0 atom stereocenters. The van der Waals surface area contributed by atoms with Gasteiger partial charge < -0.3 is 8.94 Å². The Balaban J connectivity index is 1.25. The molecule has 1 aliphatic heterocycles. The van der Waals surface area contributed by atoms with E-state index in [1.807, 2.05) is 12.1 Å². The third-order valence-corrected chi connectivity index (χ3v) is 5.40. The summed E-state index contributed by atoms with van der Waals surface area (Å²) in [5.74, 6) is 2.70. The van der Waals surface area contributed by atoms with E-state index in [0.717, 1.165) is 50.8 Å². The van der Waals surface area contributed by atoms with E-state index >= 15 is 0 Å². The van der Waals surface area contributed by atoms with Crippen LogP contribution in [0.5, 0.6) is 0 Å². The molecule has 2 aliphatic rings. The summed E-state index contributed by atoms with van der Waals surface area (Å²) in [6.45, 7) is 6.08. The van der Waals surface area contributed by atoms with E-state index in [0.29, 0.717) is 5.92 Å². The summed E-state index contributed by atoms with van der Waals surface area (Å²) in [6, 6.07) is 6.21. The molecule has 2 aromatic heterocycles. The highest BCUT2D eigenvalue weighted by Crippen LogP contribution is 2.32. The van der Waals surface area contributed by atoms with Crippen LogP contribution in [0.4, 0.5) is 0 Å². The summed E-state index contributed by atoms with van der Waals surface area (Å²) in [5, 5.41) is 4.35. The Morgan fingerprint density at radius 2 is 1.67 bits per heavy atom. The summed E-state index contributed by atoms with van der Waals surface area (Å²) in [7, 11) is 0. The second-order valence-electron chi connectivity index (χ2n) is 7.18. The van der Waals surface area contributed by atoms with Crippen molar-refractivity contribution < 1.29 is 8.94 Å². The van der Waals surface area contributed by atoms with Gasteiger partial charge in [0.25, 0.3) is 0 Å². The van der Waals surface area contributed by atoms with Crippen LogP contribution < -0.4 is 0 Å². The van der Waals surface area contributed by atoms with Gasteiger partial charge in [0.15, 0.2) is 5.76 Å². The highest BCUT2D eigenvalue weighted by molar-refractivity contribution is 5.11. The lowest BCUT2D eigenvalue weighted by Gasteiger charge is -2.33. The zero-order chi connectivity index (χ0) is 16.2. The Morgan fingerprint density at radius 3 is 2.33 bits per heavy atom. The van der Waals surface area contributed by atoms with Crippen LogP contribution in [0.2, 0.25) is 0 Å². The Kier molecular flexibility index (Phi) is 4.99. The van der Waals surface area contributed by atoms with Gasteiger partial charge in [0.2, 0.25) is 0 Å². The highest BCUT2D eigenvalue weighted by Gasteiger charge is 2.22.